The third-order valence-corrected chi connectivity index (χ3v) is 0.826. The molecule has 3 heteroatoms. The molecule has 0 atom stereocenters. The first kappa shape index (κ1) is 7.96. The van der Waals surface area contributed by atoms with Crippen LogP contribution in [0.3, 0.4) is 0 Å². The number of hydrogen-bond donors (Lipinski definition) is 0. The lowest BCUT2D eigenvalue weighted by Crippen LogP contribution is -1.82. The SMILES string of the molecule is CCCCC#C[N+](=O)[O-]. The molecule has 0 amide bonds. The molecule has 0 aliphatic rings. The van der Waals surface area contributed by atoms with Crippen LogP contribution in [0.1, 0.15) is 26.2 Å². The minimum atomic E-state index is -0.615. The van der Waals surface area contributed by atoms with Gasteiger partial charge in [0.25, 0.3) is 6.04 Å². The van der Waals surface area contributed by atoms with Crippen molar-refractivity contribution in [3.05, 3.63) is 10.1 Å². The minimum Gasteiger partial charge on any atom is -0.249 e. The molecule has 0 bridgehead atoms. The molecule has 0 fully saturated rings. The van der Waals surface area contributed by atoms with Crippen LogP contribution in [0.25, 0.3) is 0 Å². The van der Waals surface area contributed by atoms with E-state index in [0.29, 0.717) is 6.42 Å². The Labute approximate surface area is 54.2 Å². The number of unbranched alkanes of at least 4 members (excludes halogenated alkanes) is 2. The number of hydrogen-bond acceptors (Lipinski definition) is 2. The summed E-state index contributed by atoms with van der Waals surface area (Å²) in [5.74, 6) is 2.44. The summed E-state index contributed by atoms with van der Waals surface area (Å²) in [6, 6.07) is 1.85. The molecule has 0 aromatic rings. The highest BCUT2D eigenvalue weighted by molar-refractivity contribution is 4.89. The minimum absolute atomic E-state index is 0.615. The Morgan fingerprint density at radius 2 is 2.33 bits per heavy atom. The maximum Gasteiger partial charge on any atom is 0.290 e. The van der Waals surface area contributed by atoms with E-state index in [1.165, 1.54) is 0 Å². The Kier molecular flexibility index (Phi) is 4.51. The Morgan fingerprint density at radius 1 is 1.67 bits per heavy atom. The summed E-state index contributed by atoms with van der Waals surface area (Å²) < 4.78 is 0. The molecular weight excluding hydrogens is 118 g/mol. The third-order valence-electron chi connectivity index (χ3n) is 0.826. The molecule has 0 rings (SSSR count). The van der Waals surface area contributed by atoms with E-state index < -0.39 is 4.92 Å². The van der Waals surface area contributed by atoms with Crippen LogP contribution >= 0.6 is 0 Å². The molecule has 50 valence electrons. The van der Waals surface area contributed by atoms with Gasteiger partial charge in [0.05, 0.1) is 0 Å². The van der Waals surface area contributed by atoms with Gasteiger partial charge in [0.2, 0.25) is 0 Å². The fraction of sp³-hybridized carbons (Fsp3) is 0.667. The quantitative estimate of drug-likeness (QED) is 0.185. The number of nitrogens with zero attached hydrogens (tertiary/aromatic N) is 1. The van der Waals surface area contributed by atoms with Crippen LogP contribution in [0.15, 0.2) is 0 Å². The first-order valence-corrected chi connectivity index (χ1v) is 2.90. The van der Waals surface area contributed by atoms with Crippen molar-refractivity contribution >= 4 is 0 Å². The highest BCUT2D eigenvalue weighted by Gasteiger charge is 1.81. The summed E-state index contributed by atoms with van der Waals surface area (Å²) in [6.45, 7) is 2.02. The Hall–Kier alpha value is -1.04. The van der Waals surface area contributed by atoms with E-state index in [9.17, 15) is 10.1 Å². The average molecular weight is 127 g/mol. The molecule has 0 unspecified atom stereocenters. The van der Waals surface area contributed by atoms with Crippen LogP contribution in [0, 0.1) is 22.1 Å². The van der Waals surface area contributed by atoms with Crippen molar-refractivity contribution in [2.75, 3.05) is 0 Å². The van der Waals surface area contributed by atoms with Crippen LogP contribution in [0.5, 0.6) is 0 Å². The molecule has 0 saturated heterocycles. The molecule has 0 radical (unpaired) electrons. The van der Waals surface area contributed by atoms with Crippen LogP contribution in [-0.4, -0.2) is 4.92 Å². The predicted molar refractivity (Wildman–Crippen MR) is 34.3 cm³/mol. The third kappa shape index (κ3) is 6.96. The Morgan fingerprint density at radius 3 is 2.78 bits per heavy atom. The fourth-order valence-corrected chi connectivity index (χ4v) is 0.386. The predicted octanol–water partition coefficient (Wildman–Crippen LogP) is 1.41. The average Bonchev–Trinajstić information content (AvgIpc) is 1.80. The second-order valence-corrected chi connectivity index (χ2v) is 1.65. The van der Waals surface area contributed by atoms with Gasteiger partial charge in [-0.2, -0.15) is 0 Å². The zero-order valence-electron chi connectivity index (χ0n) is 5.39. The van der Waals surface area contributed by atoms with Gasteiger partial charge in [-0.15, -0.1) is 0 Å². The van der Waals surface area contributed by atoms with Gasteiger partial charge in [-0.05, 0) is 12.3 Å². The molecule has 0 aromatic heterocycles. The summed E-state index contributed by atoms with van der Waals surface area (Å²) in [5.41, 5.74) is 0. The van der Waals surface area contributed by atoms with E-state index in [1.54, 1.807) is 0 Å². The van der Waals surface area contributed by atoms with Crippen molar-refractivity contribution in [3.8, 4) is 12.0 Å². The second kappa shape index (κ2) is 5.10. The van der Waals surface area contributed by atoms with Gasteiger partial charge in [-0.1, -0.05) is 13.3 Å². The molecule has 0 saturated carbocycles. The lowest BCUT2D eigenvalue weighted by molar-refractivity contribution is -0.379. The smallest absolute Gasteiger partial charge is 0.249 e. The van der Waals surface area contributed by atoms with Gasteiger partial charge in [0.1, 0.15) is 4.92 Å². The molecule has 0 aromatic carbocycles. The standard InChI is InChI=1S/C6H9NO2/c1-2-3-4-5-6-7(8)9/h2-4H2,1H3. The van der Waals surface area contributed by atoms with Crippen molar-refractivity contribution < 1.29 is 4.92 Å². The van der Waals surface area contributed by atoms with Gasteiger partial charge < -0.3 is 0 Å². The zero-order valence-corrected chi connectivity index (χ0v) is 5.39. The van der Waals surface area contributed by atoms with Gasteiger partial charge in [0.15, 0.2) is 0 Å². The maximum atomic E-state index is 9.59. The van der Waals surface area contributed by atoms with Crippen molar-refractivity contribution in [1.29, 1.82) is 0 Å². The summed E-state index contributed by atoms with van der Waals surface area (Å²) in [5, 5.41) is 9.59. The Bertz CT molecular complexity index is 143. The maximum absolute atomic E-state index is 9.59. The molecule has 3 nitrogen and oxygen atoms in total. The highest BCUT2D eigenvalue weighted by atomic mass is 16.6. The highest BCUT2D eigenvalue weighted by Crippen LogP contribution is 1.89. The topological polar surface area (TPSA) is 43.1 Å². The van der Waals surface area contributed by atoms with Crippen molar-refractivity contribution in [2.24, 2.45) is 0 Å². The van der Waals surface area contributed by atoms with Gasteiger partial charge in [-0.3, -0.25) is 0 Å². The van der Waals surface area contributed by atoms with E-state index >= 15 is 0 Å². The van der Waals surface area contributed by atoms with Crippen LogP contribution in [0.4, 0.5) is 0 Å². The van der Waals surface area contributed by atoms with Crippen molar-refractivity contribution in [1.82, 2.24) is 0 Å². The van der Waals surface area contributed by atoms with Gasteiger partial charge in [-0.25, -0.2) is 10.1 Å². The van der Waals surface area contributed by atoms with Crippen LogP contribution < -0.4 is 0 Å². The summed E-state index contributed by atoms with van der Waals surface area (Å²) in [7, 11) is 0. The van der Waals surface area contributed by atoms with Gasteiger partial charge >= 0.3 is 0 Å². The monoisotopic (exact) mass is 127 g/mol. The van der Waals surface area contributed by atoms with Crippen molar-refractivity contribution in [3.63, 3.8) is 0 Å². The van der Waals surface area contributed by atoms with Gasteiger partial charge in [0, 0.05) is 6.42 Å². The Balaban J connectivity index is 3.27. The zero-order chi connectivity index (χ0) is 7.11. The first-order valence-electron chi connectivity index (χ1n) is 2.90. The first-order chi connectivity index (χ1) is 4.27. The molecule has 9 heavy (non-hydrogen) atoms. The van der Waals surface area contributed by atoms with Crippen molar-refractivity contribution in [2.45, 2.75) is 26.2 Å². The fourth-order valence-electron chi connectivity index (χ4n) is 0.386. The van der Waals surface area contributed by atoms with Crippen LogP contribution in [-0.2, 0) is 0 Å². The van der Waals surface area contributed by atoms with E-state index in [0.717, 1.165) is 12.8 Å². The molecule has 0 aliphatic heterocycles. The lowest BCUT2D eigenvalue weighted by Gasteiger charge is -1.79. The normalized spacial score (nSPS) is 7.67. The molecular formula is C6H9NO2. The molecule has 0 aliphatic carbocycles. The number of nitro groups is 1. The number of rotatable bonds is 2. The van der Waals surface area contributed by atoms with E-state index in [-0.39, 0.29) is 0 Å². The summed E-state index contributed by atoms with van der Waals surface area (Å²) in [6.07, 6.45) is 2.62. The molecule has 0 spiro atoms. The summed E-state index contributed by atoms with van der Waals surface area (Å²) in [4.78, 5) is 8.98. The lowest BCUT2D eigenvalue weighted by atomic mass is 10.3. The second-order valence-electron chi connectivity index (χ2n) is 1.65. The van der Waals surface area contributed by atoms with E-state index in [2.05, 4.69) is 5.92 Å². The summed E-state index contributed by atoms with van der Waals surface area (Å²) >= 11 is 0. The van der Waals surface area contributed by atoms with E-state index in [4.69, 9.17) is 0 Å². The largest absolute Gasteiger partial charge is 0.290 e. The van der Waals surface area contributed by atoms with Crippen LogP contribution in [0.2, 0.25) is 0 Å². The van der Waals surface area contributed by atoms with E-state index in [1.807, 2.05) is 13.0 Å². The molecule has 0 heterocycles. The molecule has 0 N–H and O–H groups in total.